The summed E-state index contributed by atoms with van der Waals surface area (Å²) in [7, 11) is -0.750. The van der Waals surface area contributed by atoms with Gasteiger partial charge in [-0.1, -0.05) is 24.3 Å². The topological polar surface area (TPSA) is 57.5 Å². The fourth-order valence-electron chi connectivity index (χ4n) is 1.94. The Hall–Kier alpha value is -1.91. The monoisotopic (exact) mass is 226 g/mol. The van der Waals surface area contributed by atoms with Crippen LogP contribution in [-0.4, -0.2) is 23.5 Å². The third-order valence-corrected chi connectivity index (χ3v) is 2.58. The lowest BCUT2D eigenvalue weighted by Gasteiger charge is -2.02. The first kappa shape index (κ1) is 11.6. The second-order valence-electron chi connectivity index (χ2n) is 3.62. The van der Waals surface area contributed by atoms with Gasteiger partial charge in [0.15, 0.2) is 5.78 Å². The zero-order valence-electron chi connectivity index (χ0n) is 9.13. The highest BCUT2D eigenvalue weighted by atomic mass is 16.4. The van der Waals surface area contributed by atoms with Gasteiger partial charge in [-0.05, 0) is 45.9 Å². The van der Waals surface area contributed by atoms with Gasteiger partial charge in [-0.25, -0.2) is 0 Å². The summed E-state index contributed by atoms with van der Waals surface area (Å²) >= 11 is 0. The second-order valence-corrected chi connectivity index (χ2v) is 3.62. The van der Waals surface area contributed by atoms with E-state index in [1.165, 1.54) is 16.0 Å². The maximum absolute atomic E-state index is 11.2. The van der Waals surface area contributed by atoms with Gasteiger partial charge >= 0.3 is 7.69 Å². The van der Waals surface area contributed by atoms with E-state index in [2.05, 4.69) is 18.2 Å². The minimum Gasteiger partial charge on any atom is -0.430 e. The van der Waals surface area contributed by atoms with E-state index in [4.69, 9.17) is 10.0 Å². The normalized spacial score (nSPS) is 15.1. The highest BCUT2D eigenvalue weighted by molar-refractivity contribution is 6.13. The molecule has 2 aliphatic rings. The van der Waals surface area contributed by atoms with Gasteiger partial charge in [0.05, 0.1) is 0 Å². The molecule has 0 aromatic heterocycles. The number of benzene rings is 1. The first-order valence-electron chi connectivity index (χ1n) is 5.23. The summed E-state index contributed by atoms with van der Waals surface area (Å²) < 4.78 is 0. The molecule has 4 heteroatoms. The van der Waals surface area contributed by atoms with Gasteiger partial charge in [0.2, 0.25) is 0 Å². The number of carbonyl (C=O) groups is 1. The summed E-state index contributed by atoms with van der Waals surface area (Å²) in [5.41, 5.74) is 2.21. The molecule has 0 radical (unpaired) electrons. The number of hydrogen-bond acceptors (Lipinski definition) is 3. The van der Waals surface area contributed by atoms with Crippen molar-refractivity contribution in [2.45, 2.75) is 0 Å². The molecule has 0 amide bonds. The molecule has 0 aliphatic heterocycles. The number of carbonyl (C=O) groups excluding carboxylic acids is 1. The van der Waals surface area contributed by atoms with Crippen LogP contribution >= 0.6 is 0 Å². The van der Waals surface area contributed by atoms with Crippen molar-refractivity contribution in [3.05, 3.63) is 58.5 Å². The van der Waals surface area contributed by atoms with Gasteiger partial charge in [-0.15, -0.1) is 0 Å². The molecule has 17 heavy (non-hydrogen) atoms. The predicted molar refractivity (Wildman–Crippen MR) is 67.4 cm³/mol. The molecule has 2 N–H and O–H groups in total. The Bertz CT molecular complexity index is 626. The van der Waals surface area contributed by atoms with Gasteiger partial charge in [-0.3, -0.25) is 4.79 Å². The zero-order valence-corrected chi connectivity index (χ0v) is 9.13. The summed E-state index contributed by atoms with van der Waals surface area (Å²) in [6.07, 6.45) is 7.27. The molecule has 0 bridgehead atoms. The molecule has 0 atom stereocenters. The largest absolute Gasteiger partial charge is 0.432 e. The van der Waals surface area contributed by atoms with E-state index in [1.807, 2.05) is 18.2 Å². The summed E-state index contributed by atoms with van der Waals surface area (Å²) in [5.74, 6) is 0.0767. The lowest BCUT2D eigenvalue weighted by molar-refractivity contribution is -0.110. The van der Waals surface area contributed by atoms with E-state index in [9.17, 15) is 4.79 Å². The van der Waals surface area contributed by atoms with E-state index in [0.717, 1.165) is 5.57 Å². The van der Waals surface area contributed by atoms with Crippen molar-refractivity contribution in [2.75, 3.05) is 0 Å². The third-order valence-electron chi connectivity index (χ3n) is 2.58. The molecule has 1 aromatic carbocycles. The number of ketones is 1. The number of fused-ring (bicyclic) bond motifs is 2. The summed E-state index contributed by atoms with van der Waals surface area (Å²) in [4.78, 5) is 11.2. The van der Waals surface area contributed by atoms with Gasteiger partial charge < -0.3 is 10.0 Å². The average Bonchev–Trinajstić information content (AvgIpc) is 2.67. The summed E-state index contributed by atoms with van der Waals surface area (Å²) in [6, 6.07) is 8.19. The van der Waals surface area contributed by atoms with E-state index < -0.39 is 7.69 Å². The minimum atomic E-state index is -0.750. The molecule has 1 aromatic rings. The molecule has 84 valence electrons. The third kappa shape index (κ3) is 2.28. The van der Waals surface area contributed by atoms with Crippen LogP contribution in [0.5, 0.6) is 0 Å². The Kier molecular flexibility index (Phi) is 3.37. The molecule has 0 saturated heterocycles. The summed E-state index contributed by atoms with van der Waals surface area (Å²) in [6.45, 7) is 0. The first-order chi connectivity index (χ1) is 8.26. The van der Waals surface area contributed by atoms with Crippen molar-refractivity contribution in [1.29, 1.82) is 0 Å². The quantitative estimate of drug-likeness (QED) is 0.554. The van der Waals surface area contributed by atoms with Crippen molar-refractivity contribution in [2.24, 2.45) is 0 Å². The first-order valence-corrected chi connectivity index (χ1v) is 5.23. The molecule has 0 fully saturated rings. The molecule has 2 aliphatic carbocycles. The maximum atomic E-state index is 11.2. The van der Waals surface area contributed by atoms with Crippen LogP contribution in [0.25, 0.3) is 11.6 Å². The Morgan fingerprint density at radius 1 is 1.00 bits per heavy atom. The van der Waals surface area contributed by atoms with Crippen molar-refractivity contribution >= 4 is 25.1 Å². The highest BCUT2D eigenvalue weighted by Crippen LogP contribution is 2.19. The van der Waals surface area contributed by atoms with Gasteiger partial charge in [0.1, 0.15) is 0 Å². The fraction of sp³-hybridized carbons (Fsp3) is 0. The lowest BCUT2D eigenvalue weighted by atomic mass is 10.0. The van der Waals surface area contributed by atoms with Crippen LogP contribution in [0, 0.1) is 0 Å². The number of allylic oxidation sites excluding steroid dienone is 4. The Balaban J connectivity index is 0.000000329. The number of rotatable bonds is 0. The highest BCUT2D eigenvalue weighted by Gasteiger charge is 2.12. The van der Waals surface area contributed by atoms with Crippen LogP contribution < -0.4 is 10.4 Å². The van der Waals surface area contributed by atoms with Crippen LogP contribution in [0.1, 0.15) is 0 Å². The second kappa shape index (κ2) is 4.95. The smallest absolute Gasteiger partial charge is 0.430 e. The molecule has 0 spiro atoms. The molecule has 0 unspecified atom stereocenters. The Morgan fingerprint density at radius 2 is 1.71 bits per heavy atom. The fourth-order valence-corrected chi connectivity index (χ4v) is 1.94. The molecule has 3 nitrogen and oxygen atoms in total. The van der Waals surface area contributed by atoms with Crippen LogP contribution in [0.15, 0.2) is 48.1 Å². The van der Waals surface area contributed by atoms with Crippen molar-refractivity contribution in [3.8, 4) is 0 Å². The van der Waals surface area contributed by atoms with Crippen molar-refractivity contribution in [1.82, 2.24) is 0 Å². The molecular formula is C13H11BO3. The standard InChI is InChI=1S/C13H8O.BH3O2/c14-11-5-6-13-10(8-11)7-9-3-1-2-4-12(9)13;2-1-3/h1-8H;1-3H. The van der Waals surface area contributed by atoms with E-state index in [1.54, 1.807) is 12.2 Å². The van der Waals surface area contributed by atoms with Gasteiger partial charge in [0, 0.05) is 0 Å². The van der Waals surface area contributed by atoms with Crippen LogP contribution in [0.4, 0.5) is 0 Å². The van der Waals surface area contributed by atoms with Crippen molar-refractivity contribution < 1.29 is 14.8 Å². The predicted octanol–water partition coefficient (Wildman–Crippen LogP) is -1.07. The van der Waals surface area contributed by atoms with Gasteiger partial charge in [0.25, 0.3) is 0 Å². The number of hydrogen-bond donors (Lipinski definition) is 2. The van der Waals surface area contributed by atoms with E-state index in [-0.39, 0.29) is 5.78 Å². The minimum absolute atomic E-state index is 0.0767. The molecule has 0 saturated carbocycles. The van der Waals surface area contributed by atoms with Crippen LogP contribution in [-0.2, 0) is 4.79 Å². The zero-order chi connectivity index (χ0) is 12.3. The molecular weight excluding hydrogens is 215 g/mol. The molecule has 0 heterocycles. The van der Waals surface area contributed by atoms with Gasteiger partial charge in [-0.2, -0.15) is 0 Å². The SMILES string of the molecule is O=C1C=CC2=c3ccccc3=CC2=C1.OBO. The van der Waals surface area contributed by atoms with Crippen LogP contribution in [0.2, 0.25) is 0 Å². The van der Waals surface area contributed by atoms with E-state index in [0.29, 0.717) is 0 Å². The molecule has 3 rings (SSSR count). The lowest BCUT2D eigenvalue weighted by Crippen LogP contribution is -2.21. The summed E-state index contributed by atoms with van der Waals surface area (Å²) in [5, 5.41) is 16.7. The van der Waals surface area contributed by atoms with E-state index >= 15 is 0 Å². The Morgan fingerprint density at radius 3 is 2.47 bits per heavy atom. The average molecular weight is 226 g/mol. The Labute approximate surface area is 99.0 Å². The maximum Gasteiger partial charge on any atom is 0.432 e. The van der Waals surface area contributed by atoms with Crippen molar-refractivity contribution in [3.63, 3.8) is 0 Å². The van der Waals surface area contributed by atoms with Crippen LogP contribution in [0.3, 0.4) is 0 Å².